The lowest BCUT2D eigenvalue weighted by molar-refractivity contribution is -0.0399. The number of rotatable bonds is 4. The molecule has 0 saturated heterocycles. The molecule has 0 radical (unpaired) electrons. The summed E-state index contributed by atoms with van der Waals surface area (Å²) in [5.41, 5.74) is 17.9. The van der Waals surface area contributed by atoms with E-state index in [-0.39, 0.29) is 10.8 Å². The van der Waals surface area contributed by atoms with Crippen LogP contribution in [0.1, 0.15) is 68.2 Å². The zero-order valence-electron chi connectivity index (χ0n) is 33.4. The third-order valence-corrected chi connectivity index (χ3v) is 15.8. The highest BCUT2D eigenvalue weighted by molar-refractivity contribution is 6.08. The summed E-state index contributed by atoms with van der Waals surface area (Å²) >= 11 is 0. The number of nitrogens with zero attached hydrogens (tertiary/aromatic N) is 1. The lowest BCUT2D eigenvalue weighted by Crippen LogP contribution is -2.55. The highest BCUT2D eigenvalue weighted by Crippen LogP contribution is 2.70. The van der Waals surface area contributed by atoms with Gasteiger partial charge in [0.05, 0.1) is 5.69 Å². The zero-order chi connectivity index (χ0) is 38.3. The van der Waals surface area contributed by atoms with Crippen LogP contribution in [0.4, 0.5) is 17.1 Å². The Morgan fingerprint density at radius 1 is 0.431 bits per heavy atom. The largest absolute Gasteiger partial charge is 0.310 e. The fraction of sp³-hybridized carbons (Fsp3) is 0.228. The van der Waals surface area contributed by atoms with Gasteiger partial charge in [-0.1, -0.05) is 141 Å². The zero-order valence-corrected chi connectivity index (χ0v) is 33.4. The van der Waals surface area contributed by atoms with Crippen molar-refractivity contribution in [3.05, 3.63) is 186 Å². The summed E-state index contributed by atoms with van der Waals surface area (Å²) < 4.78 is 0. The van der Waals surface area contributed by atoms with Crippen LogP contribution in [-0.2, 0) is 10.8 Å². The standard InChI is InChI=1S/C57H47N/c1-56(2)50-14-7-5-12-47(50)48-27-25-44(34-53(48)56)58(43-23-20-37(21-24-43)39-22-26-46-40(33-39)19-18-38-10-3-4-11-45(38)46)54-17-9-16-52-55(54)49-13-6-8-15-51(49)57(52)41-29-35-28-36(31-41)32-42(57)30-35/h3-27,33-36,41-42H,28-32H2,1-2H3. The predicted octanol–water partition coefficient (Wildman–Crippen LogP) is 15.2. The summed E-state index contributed by atoms with van der Waals surface area (Å²) in [7, 11) is 0. The van der Waals surface area contributed by atoms with E-state index in [1.165, 1.54) is 115 Å². The van der Waals surface area contributed by atoms with E-state index in [4.69, 9.17) is 0 Å². The van der Waals surface area contributed by atoms with Crippen molar-refractivity contribution in [3.63, 3.8) is 0 Å². The first-order valence-corrected chi connectivity index (χ1v) is 21.8. The Balaban J connectivity index is 0.995. The van der Waals surface area contributed by atoms with Gasteiger partial charge < -0.3 is 4.90 Å². The molecule has 0 aromatic heterocycles. The number of hydrogen-bond acceptors (Lipinski definition) is 1. The Kier molecular flexibility index (Phi) is 6.75. The van der Waals surface area contributed by atoms with Gasteiger partial charge in [0.15, 0.2) is 0 Å². The van der Waals surface area contributed by atoms with E-state index in [1.807, 2.05) is 0 Å². The molecule has 14 rings (SSSR count). The number of benzene rings is 8. The van der Waals surface area contributed by atoms with E-state index in [0.29, 0.717) is 0 Å². The molecule has 4 saturated carbocycles. The molecule has 0 atom stereocenters. The van der Waals surface area contributed by atoms with Gasteiger partial charge in [0.1, 0.15) is 0 Å². The third-order valence-electron chi connectivity index (χ3n) is 15.8. The minimum atomic E-state index is -0.0887. The summed E-state index contributed by atoms with van der Waals surface area (Å²) in [6, 6.07) is 62.8. The Labute approximate surface area is 342 Å². The summed E-state index contributed by atoms with van der Waals surface area (Å²) in [5, 5.41) is 5.18. The van der Waals surface area contributed by atoms with E-state index in [1.54, 1.807) is 11.1 Å². The van der Waals surface area contributed by atoms with Crippen molar-refractivity contribution < 1.29 is 0 Å². The van der Waals surface area contributed by atoms with E-state index in [2.05, 4.69) is 183 Å². The van der Waals surface area contributed by atoms with Crippen LogP contribution >= 0.6 is 0 Å². The summed E-state index contributed by atoms with van der Waals surface area (Å²) in [4.78, 5) is 2.60. The van der Waals surface area contributed by atoms with Crippen molar-refractivity contribution in [2.24, 2.45) is 23.7 Å². The van der Waals surface area contributed by atoms with Crippen LogP contribution in [0.25, 0.3) is 54.9 Å². The second-order valence-electron chi connectivity index (χ2n) is 18.9. The topological polar surface area (TPSA) is 3.24 Å². The molecule has 1 heteroatoms. The summed E-state index contributed by atoms with van der Waals surface area (Å²) in [5.74, 6) is 3.30. The molecule has 8 aromatic rings. The summed E-state index contributed by atoms with van der Waals surface area (Å²) in [6.07, 6.45) is 7.03. The molecular formula is C57H47N. The van der Waals surface area contributed by atoms with Crippen molar-refractivity contribution in [3.8, 4) is 33.4 Å². The fourth-order valence-corrected chi connectivity index (χ4v) is 13.6. The number of fused-ring (bicyclic) bond motifs is 9. The minimum Gasteiger partial charge on any atom is -0.310 e. The van der Waals surface area contributed by atoms with Crippen molar-refractivity contribution in [2.75, 3.05) is 4.90 Å². The number of hydrogen-bond donors (Lipinski definition) is 0. The number of anilines is 3. The van der Waals surface area contributed by atoms with E-state index >= 15 is 0 Å². The molecule has 0 amide bonds. The Morgan fingerprint density at radius 3 is 1.86 bits per heavy atom. The second kappa shape index (κ2) is 11.8. The van der Waals surface area contributed by atoms with Crippen molar-refractivity contribution in [1.29, 1.82) is 0 Å². The average Bonchev–Trinajstić information content (AvgIpc) is 3.68. The van der Waals surface area contributed by atoms with Crippen LogP contribution in [0.3, 0.4) is 0 Å². The van der Waals surface area contributed by atoms with Crippen LogP contribution in [0.15, 0.2) is 164 Å². The highest BCUT2D eigenvalue weighted by Gasteiger charge is 2.62. The van der Waals surface area contributed by atoms with Crippen LogP contribution < -0.4 is 4.90 Å². The van der Waals surface area contributed by atoms with Gasteiger partial charge >= 0.3 is 0 Å². The molecule has 0 N–H and O–H groups in total. The lowest BCUT2D eigenvalue weighted by atomic mass is 9.43. The second-order valence-corrected chi connectivity index (χ2v) is 18.9. The molecule has 6 aliphatic carbocycles. The normalized spacial score (nSPS) is 23.9. The smallest absolute Gasteiger partial charge is 0.0543 e. The quantitative estimate of drug-likeness (QED) is 0.162. The van der Waals surface area contributed by atoms with Crippen LogP contribution in [0.2, 0.25) is 0 Å². The molecule has 1 nitrogen and oxygen atoms in total. The monoisotopic (exact) mass is 745 g/mol. The molecule has 0 unspecified atom stereocenters. The Hall–Kier alpha value is -5.92. The average molecular weight is 746 g/mol. The first kappa shape index (κ1) is 33.1. The van der Waals surface area contributed by atoms with Crippen molar-refractivity contribution >= 4 is 38.6 Å². The molecule has 0 aliphatic heterocycles. The maximum absolute atomic E-state index is 2.60. The van der Waals surface area contributed by atoms with Gasteiger partial charge in [-0.2, -0.15) is 0 Å². The molecule has 58 heavy (non-hydrogen) atoms. The van der Waals surface area contributed by atoms with Gasteiger partial charge in [0, 0.05) is 27.8 Å². The highest BCUT2D eigenvalue weighted by atomic mass is 15.1. The van der Waals surface area contributed by atoms with E-state index in [9.17, 15) is 0 Å². The van der Waals surface area contributed by atoms with Gasteiger partial charge in [-0.3, -0.25) is 0 Å². The maximum Gasteiger partial charge on any atom is 0.0543 e. The molecule has 8 aromatic carbocycles. The minimum absolute atomic E-state index is 0.0887. The maximum atomic E-state index is 2.60. The lowest BCUT2D eigenvalue weighted by Gasteiger charge is -2.61. The molecule has 4 fully saturated rings. The van der Waals surface area contributed by atoms with Gasteiger partial charge in [0.25, 0.3) is 0 Å². The molecular weight excluding hydrogens is 699 g/mol. The van der Waals surface area contributed by atoms with E-state index < -0.39 is 0 Å². The van der Waals surface area contributed by atoms with Gasteiger partial charge in [0.2, 0.25) is 0 Å². The van der Waals surface area contributed by atoms with Crippen LogP contribution in [-0.4, -0.2) is 0 Å². The van der Waals surface area contributed by atoms with Gasteiger partial charge in [-0.05, 0) is 164 Å². The van der Waals surface area contributed by atoms with Gasteiger partial charge in [-0.15, -0.1) is 0 Å². The Morgan fingerprint density at radius 2 is 1.05 bits per heavy atom. The first-order chi connectivity index (χ1) is 28.5. The van der Waals surface area contributed by atoms with Crippen molar-refractivity contribution in [1.82, 2.24) is 0 Å². The Bertz CT molecular complexity index is 2970. The van der Waals surface area contributed by atoms with Crippen LogP contribution in [0, 0.1) is 23.7 Å². The summed E-state index contributed by atoms with van der Waals surface area (Å²) in [6.45, 7) is 4.80. The van der Waals surface area contributed by atoms with Crippen LogP contribution in [0.5, 0.6) is 0 Å². The third kappa shape index (κ3) is 4.37. The molecule has 280 valence electrons. The SMILES string of the molecule is CC1(C)c2ccccc2-c2ccc(N(c3ccc(-c4ccc5c(ccc6ccccc65)c4)cc3)c3cccc4c3-c3ccccc3C43C4CC5CC(C4)CC3C5)cc21. The molecule has 0 heterocycles. The molecule has 4 bridgehead atoms. The fourth-order valence-electron chi connectivity index (χ4n) is 13.6. The van der Waals surface area contributed by atoms with Gasteiger partial charge in [-0.25, -0.2) is 0 Å². The first-order valence-electron chi connectivity index (χ1n) is 21.8. The van der Waals surface area contributed by atoms with E-state index in [0.717, 1.165) is 23.7 Å². The predicted molar refractivity (Wildman–Crippen MR) is 242 cm³/mol. The molecule has 1 spiro atoms. The van der Waals surface area contributed by atoms with Crippen molar-refractivity contribution in [2.45, 2.75) is 56.8 Å². The molecule has 6 aliphatic rings.